The van der Waals surface area contributed by atoms with Gasteiger partial charge < -0.3 is 20.3 Å². The zero-order chi connectivity index (χ0) is 16.7. The highest BCUT2D eigenvalue weighted by Gasteiger charge is 2.31. The van der Waals surface area contributed by atoms with E-state index in [0.717, 1.165) is 35.7 Å². The Hall–Kier alpha value is -2.80. The second kappa shape index (κ2) is 6.60. The summed E-state index contributed by atoms with van der Waals surface area (Å²) < 4.78 is 5.42. The Balaban J connectivity index is 0.00000182. The molecule has 1 aromatic heterocycles. The summed E-state index contributed by atoms with van der Waals surface area (Å²) in [5, 5.41) is 23.2. The van der Waals surface area contributed by atoms with E-state index in [-0.39, 0.29) is 30.2 Å². The largest absolute Gasteiger partial charge is 0.508 e. The Bertz CT molecular complexity index is 926. The summed E-state index contributed by atoms with van der Waals surface area (Å²) in [5.74, 6) is 1.27. The highest BCUT2D eigenvalue weighted by Crippen LogP contribution is 2.32. The minimum absolute atomic E-state index is 0. The van der Waals surface area contributed by atoms with E-state index in [0.29, 0.717) is 11.7 Å². The molecule has 1 unspecified atom stereocenters. The van der Waals surface area contributed by atoms with E-state index in [2.05, 4.69) is 10.1 Å². The topological polar surface area (TPSA) is 112 Å². The van der Waals surface area contributed by atoms with Crippen LogP contribution >= 0.6 is 12.4 Å². The van der Waals surface area contributed by atoms with Gasteiger partial charge in [0.25, 0.3) is 0 Å². The molecular formula is C17H18ClN5O2. The standard InChI is InChI=1S/C17H17N5O2.ClH/c18-17(19)22-7-1-2-14(22)16-20-15(21-24-16)12-4-3-11-9-13(23)6-5-10(11)8-12;/h3-6,8-9,14,23H,1-2,7H2,(H3,18,19);1H. The second-order valence-corrected chi connectivity index (χ2v) is 5.94. The molecule has 3 aromatic rings. The van der Waals surface area contributed by atoms with Crippen LogP contribution in [0.2, 0.25) is 0 Å². The number of phenolic OH excluding ortho intramolecular Hbond substituents is 1. The number of fused-ring (bicyclic) bond motifs is 1. The van der Waals surface area contributed by atoms with Gasteiger partial charge in [-0.25, -0.2) is 0 Å². The first-order valence-corrected chi connectivity index (χ1v) is 7.79. The molecule has 0 radical (unpaired) electrons. The number of likely N-dealkylation sites (tertiary alicyclic amines) is 1. The molecule has 1 aliphatic heterocycles. The Morgan fingerprint density at radius 3 is 2.80 bits per heavy atom. The maximum absolute atomic E-state index is 9.54. The van der Waals surface area contributed by atoms with Crippen LogP contribution in [0.25, 0.3) is 22.2 Å². The van der Waals surface area contributed by atoms with Crippen molar-refractivity contribution in [1.29, 1.82) is 5.41 Å². The van der Waals surface area contributed by atoms with Gasteiger partial charge in [0.1, 0.15) is 11.8 Å². The number of guanidine groups is 1. The number of rotatable bonds is 2. The van der Waals surface area contributed by atoms with Crippen LogP contribution in [-0.2, 0) is 0 Å². The fourth-order valence-electron chi connectivity index (χ4n) is 3.17. The summed E-state index contributed by atoms with van der Waals surface area (Å²) >= 11 is 0. The van der Waals surface area contributed by atoms with Crippen molar-refractivity contribution in [2.75, 3.05) is 6.54 Å². The average Bonchev–Trinajstić information content (AvgIpc) is 3.23. The van der Waals surface area contributed by atoms with Crippen LogP contribution in [0.5, 0.6) is 5.75 Å². The number of aromatic nitrogens is 2. The maximum Gasteiger partial charge on any atom is 0.249 e. The summed E-state index contributed by atoms with van der Waals surface area (Å²) in [6.07, 6.45) is 1.79. The number of phenols is 1. The molecule has 0 spiro atoms. The molecule has 4 rings (SSSR count). The van der Waals surface area contributed by atoms with Crippen LogP contribution in [0.1, 0.15) is 24.8 Å². The van der Waals surface area contributed by atoms with Crippen molar-refractivity contribution >= 4 is 29.1 Å². The van der Waals surface area contributed by atoms with Crippen LogP contribution in [0.3, 0.4) is 0 Å². The Kier molecular flexibility index (Phi) is 4.50. The van der Waals surface area contributed by atoms with Crippen LogP contribution in [0, 0.1) is 5.41 Å². The van der Waals surface area contributed by atoms with Crippen LogP contribution < -0.4 is 5.73 Å². The molecule has 0 amide bonds. The Morgan fingerprint density at radius 1 is 1.24 bits per heavy atom. The third-order valence-electron chi connectivity index (χ3n) is 4.37. The maximum atomic E-state index is 9.54. The minimum atomic E-state index is -0.124. The minimum Gasteiger partial charge on any atom is -0.508 e. The monoisotopic (exact) mass is 359 g/mol. The van der Waals surface area contributed by atoms with E-state index in [1.807, 2.05) is 24.3 Å². The lowest BCUT2D eigenvalue weighted by molar-refractivity contribution is 0.283. The first kappa shape index (κ1) is 17.0. The van der Waals surface area contributed by atoms with Crippen LogP contribution in [0.15, 0.2) is 40.9 Å². The van der Waals surface area contributed by atoms with Gasteiger partial charge in [-0.15, -0.1) is 12.4 Å². The van der Waals surface area contributed by atoms with Gasteiger partial charge in [0, 0.05) is 12.1 Å². The molecule has 1 aliphatic rings. The lowest BCUT2D eigenvalue weighted by Gasteiger charge is -2.21. The van der Waals surface area contributed by atoms with E-state index in [4.69, 9.17) is 15.7 Å². The average molecular weight is 360 g/mol. The zero-order valence-corrected chi connectivity index (χ0v) is 14.2. The molecule has 0 saturated carbocycles. The van der Waals surface area contributed by atoms with Crippen molar-refractivity contribution < 1.29 is 9.63 Å². The van der Waals surface area contributed by atoms with Gasteiger partial charge in [-0.3, -0.25) is 5.41 Å². The highest BCUT2D eigenvalue weighted by atomic mass is 35.5. The van der Waals surface area contributed by atoms with Gasteiger partial charge in [0.2, 0.25) is 11.7 Å². The first-order valence-electron chi connectivity index (χ1n) is 7.79. The van der Waals surface area contributed by atoms with Gasteiger partial charge in [-0.1, -0.05) is 23.4 Å². The van der Waals surface area contributed by atoms with Crippen molar-refractivity contribution in [2.24, 2.45) is 5.73 Å². The summed E-state index contributed by atoms with van der Waals surface area (Å²) in [6, 6.07) is 10.9. The number of nitrogens with one attached hydrogen (secondary N) is 1. The molecular weight excluding hydrogens is 342 g/mol. The molecule has 2 heterocycles. The first-order chi connectivity index (χ1) is 11.6. The number of halogens is 1. The van der Waals surface area contributed by atoms with Crippen molar-refractivity contribution in [2.45, 2.75) is 18.9 Å². The molecule has 2 aromatic carbocycles. The number of benzene rings is 2. The van der Waals surface area contributed by atoms with Crippen molar-refractivity contribution in [3.63, 3.8) is 0 Å². The van der Waals surface area contributed by atoms with E-state index in [1.54, 1.807) is 17.0 Å². The summed E-state index contributed by atoms with van der Waals surface area (Å²) in [6.45, 7) is 0.733. The summed E-state index contributed by atoms with van der Waals surface area (Å²) in [5.41, 5.74) is 6.46. The summed E-state index contributed by atoms with van der Waals surface area (Å²) in [7, 11) is 0. The fraction of sp³-hybridized carbons (Fsp3) is 0.235. The Labute approximate surface area is 150 Å². The van der Waals surface area contributed by atoms with Crippen LogP contribution in [0.4, 0.5) is 0 Å². The molecule has 1 atom stereocenters. The van der Waals surface area contributed by atoms with E-state index in [1.165, 1.54) is 0 Å². The molecule has 1 saturated heterocycles. The molecule has 0 bridgehead atoms. The molecule has 0 aliphatic carbocycles. The molecule has 130 valence electrons. The fourth-order valence-corrected chi connectivity index (χ4v) is 3.17. The van der Waals surface area contributed by atoms with Crippen LogP contribution in [-0.4, -0.2) is 32.7 Å². The van der Waals surface area contributed by atoms with Gasteiger partial charge >= 0.3 is 0 Å². The third-order valence-corrected chi connectivity index (χ3v) is 4.37. The highest BCUT2D eigenvalue weighted by molar-refractivity contribution is 5.87. The van der Waals surface area contributed by atoms with Gasteiger partial charge in [-0.05, 0) is 41.8 Å². The van der Waals surface area contributed by atoms with Crippen molar-refractivity contribution in [3.8, 4) is 17.1 Å². The van der Waals surface area contributed by atoms with Crippen molar-refractivity contribution in [1.82, 2.24) is 15.0 Å². The predicted molar refractivity (Wildman–Crippen MR) is 96.7 cm³/mol. The zero-order valence-electron chi connectivity index (χ0n) is 13.3. The number of hydrogen-bond acceptors (Lipinski definition) is 5. The molecule has 1 fully saturated rings. The normalized spacial score (nSPS) is 16.8. The van der Waals surface area contributed by atoms with E-state index in [9.17, 15) is 5.11 Å². The number of nitrogens with zero attached hydrogens (tertiary/aromatic N) is 3. The molecule has 8 heteroatoms. The molecule has 4 N–H and O–H groups in total. The second-order valence-electron chi connectivity index (χ2n) is 5.94. The lowest BCUT2D eigenvalue weighted by Crippen LogP contribution is -2.35. The number of hydrogen-bond donors (Lipinski definition) is 3. The third kappa shape index (κ3) is 3.10. The van der Waals surface area contributed by atoms with E-state index < -0.39 is 0 Å². The number of nitrogens with two attached hydrogens (primary N) is 1. The molecule has 7 nitrogen and oxygen atoms in total. The SMILES string of the molecule is Cl.N=C(N)N1CCCC1c1nc(-c2ccc3cc(O)ccc3c2)no1. The lowest BCUT2D eigenvalue weighted by atomic mass is 10.1. The van der Waals surface area contributed by atoms with E-state index >= 15 is 0 Å². The predicted octanol–water partition coefficient (Wildman–Crippen LogP) is 3.05. The quantitative estimate of drug-likeness (QED) is 0.479. The van der Waals surface area contributed by atoms with Gasteiger partial charge in [-0.2, -0.15) is 4.98 Å². The van der Waals surface area contributed by atoms with Crippen molar-refractivity contribution in [3.05, 3.63) is 42.3 Å². The summed E-state index contributed by atoms with van der Waals surface area (Å²) in [4.78, 5) is 6.28. The smallest absolute Gasteiger partial charge is 0.249 e. The van der Waals surface area contributed by atoms with Gasteiger partial charge in [0.05, 0.1) is 0 Å². The Morgan fingerprint density at radius 2 is 2.00 bits per heavy atom. The molecule has 25 heavy (non-hydrogen) atoms. The van der Waals surface area contributed by atoms with Gasteiger partial charge in [0.15, 0.2) is 5.96 Å². The number of aromatic hydroxyl groups is 1.